The Labute approximate surface area is 117 Å². The maximum absolute atomic E-state index is 14.0. The Morgan fingerprint density at radius 1 is 1.28 bits per heavy atom. The summed E-state index contributed by atoms with van der Waals surface area (Å²) in [5.74, 6) is 1.83. The molecule has 0 amide bonds. The molecule has 0 radical (unpaired) electrons. The standard InChI is InChI=1S/C14H21FOS2/c1-2-3-4-5-6-7-11(16)14-13(15)10-8-17-9-12(10)18-14/h10,12H,2-9H2,1H3. The Morgan fingerprint density at radius 3 is 2.78 bits per heavy atom. The van der Waals surface area contributed by atoms with Gasteiger partial charge in [-0.15, -0.1) is 11.8 Å². The third-order valence-electron chi connectivity index (χ3n) is 3.60. The highest BCUT2D eigenvalue weighted by Crippen LogP contribution is 2.49. The molecule has 0 spiro atoms. The van der Waals surface area contributed by atoms with Crippen LogP contribution in [0, 0.1) is 5.92 Å². The van der Waals surface area contributed by atoms with Gasteiger partial charge in [0.05, 0.1) is 4.91 Å². The average Bonchev–Trinajstić information content (AvgIpc) is 2.92. The van der Waals surface area contributed by atoms with E-state index in [-0.39, 0.29) is 17.5 Å². The second-order valence-electron chi connectivity index (χ2n) is 5.06. The number of halogens is 1. The molecule has 0 saturated carbocycles. The van der Waals surface area contributed by atoms with Gasteiger partial charge in [-0.2, -0.15) is 11.8 Å². The van der Waals surface area contributed by atoms with Crippen LogP contribution in [0.15, 0.2) is 10.7 Å². The topological polar surface area (TPSA) is 17.1 Å². The van der Waals surface area contributed by atoms with Crippen LogP contribution in [-0.2, 0) is 4.79 Å². The zero-order valence-corrected chi connectivity index (χ0v) is 12.5. The fraction of sp³-hybridized carbons (Fsp3) is 0.786. The summed E-state index contributed by atoms with van der Waals surface area (Å²) in [6.45, 7) is 2.18. The Balaban J connectivity index is 1.77. The predicted octanol–water partition coefficient (Wildman–Crippen LogP) is 4.58. The summed E-state index contributed by atoms with van der Waals surface area (Å²) in [5, 5.41) is 0.328. The highest BCUT2D eigenvalue weighted by atomic mass is 32.2. The number of allylic oxidation sites excluding steroid dienone is 2. The smallest absolute Gasteiger partial charge is 0.171 e. The van der Waals surface area contributed by atoms with Crippen molar-refractivity contribution in [3.05, 3.63) is 10.7 Å². The number of unbranched alkanes of at least 4 members (excludes halogenated alkanes) is 4. The molecule has 1 saturated heterocycles. The molecular weight excluding hydrogens is 267 g/mol. The van der Waals surface area contributed by atoms with Crippen molar-refractivity contribution in [1.82, 2.24) is 0 Å². The van der Waals surface area contributed by atoms with Gasteiger partial charge >= 0.3 is 0 Å². The largest absolute Gasteiger partial charge is 0.294 e. The van der Waals surface area contributed by atoms with Crippen LogP contribution in [0.1, 0.15) is 45.4 Å². The minimum absolute atomic E-state index is 0.0269. The van der Waals surface area contributed by atoms with E-state index in [1.54, 1.807) is 11.8 Å². The highest BCUT2D eigenvalue weighted by Gasteiger charge is 2.41. The van der Waals surface area contributed by atoms with Crippen LogP contribution in [0.25, 0.3) is 0 Å². The van der Waals surface area contributed by atoms with Crippen molar-refractivity contribution in [2.75, 3.05) is 11.5 Å². The second-order valence-corrected chi connectivity index (χ2v) is 7.39. The SMILES string of the molecule is CCCCCCCC(=O)C1=C(F)C2CSCC2S1. The van der Waals surface area contributed by atoms with E-state index in [0.29, 0.717) is 16.6 Å². The molecule has 0 bridgehead atoms. The van der Waals surface area contributed by atoms with Crippen LogP contribution < -0.4 is 0 Å². The zero-order valence-electron chi connectivity index (χ0n) is 10.9. The summed E-state index contributed by atoms with van der Waals surface area (Å²) >= 11 is 3.30. The third kappa shape index (κ3) is 3.32. The number of carbonyl (C=O) groups excluding carboxylic acids is 1. The van der Waals surface area contributed by atoms with Gasteiger partial charge in [-0.25, -0.2) is 4.39 Å². The first-order valence-electron chi connectivity index (χ1n) is 6.91. The fourth-order valence-corrected chi connectivity index (χ4v) is 5.56. The van der Waals surface area contributed by atoms with Crippen LogP contribution in [0.3, 0.4) is 0 Å². The van der Waals surface area contributed by atoms with Gasteiger partial charge in [-0.3, -0.25) is 4.79 Å². The molecule has 2 heterocycles. The highest BCUT2D eigenvalue weighted by molar-refractivity contribution is 8.07. The molecule has 0 aromatic carbocycles. The maximum atomic E-state index is 14.0. The van der Waals surface area contributed by atoms with Crippen molar-refractivity contribution in [3.8, 4) is 0 Å². The van der Waals surface area contributed by atoms with E-state index in [4.69, 9.17) is 0 Å². The Bertz CT molecular complexity index is 341. The summed E-state index contributed by atoms with van der Waals surface area (Å²) in [7, 11) is 0. The van der Waals surface area contributed by atoms with E-state index in [1.807, 2.05) is 0 Å². The van der Waals surface area contributed by atoms with E-state index in [9.17, 15) is 9.18 Å². The molecule has 1 nitrogen and oxygen atoms in total. The lowest BCUT2D eigenvalue weighted by Gasteiger charge is -2.04. The average molecular weight is 288 g/mol. The summed E-state index contributed by atoms with van der Waals surface area (Å²) in [4.78, 5) is 12.5. The predicted molar refractivity (Wildman–Crippen MR) is 78.7 cm³/mol. The number of thioether (sulfide) groups is 2. The van der Waals surface area contributed by atoms with Crippen molar-refractivity contribution >= 4 is 29.3 Å². The van der Waals surface area contributed by atoms with Crippen LogP contribution in [0.4, 0.5) is 4.39 Å². The lowest BCUT2D eigenvalue weighted by atomic mass is 10.0. The molecule has 0 N–H and O–H groups in total. The van der Waals surface area contributed by atoms with Crippen molar-refractivity contribution in [2.45, 2.75) is 50.7 Å². The number of Topliss-reactive ketones (excluding diaryl/α,β-unsaturated/α-hetero) is 1. The van der Waals surface area contributed by atoms with E-state index in [1.165, 1.54) is 31.0 Å². The first-order chi connectivity index (χ1) is 8.74. The molecule has 2 rings (SSSR count). The van der Waals surface area contributed by atoms with Crippen LogP contribution in [-0.4, -0.2) is 22.5 Å². The van der Waals surface area contributed by atoms with Gasteiger partial charge in [0.25, 0.3) is 0 Å². The van der Waals surface area contributed by atoms with Gasteiger partial charge in [0, 0.05) is 29.1 Å². The van der Waals surface area contributed by atoms with Gasteiger partial charge in [0.2, 0.25) is 0 Å². The van der Waals surface area contributed by atoms with Crippen LogP contribution in [0.5, 0.6) is 0 Å². The maximum Gasteiger partial charge on any atom is 0.171 e. The lowest BCUT2D eigenvalue weighted by molar-refractivity contribution is -0.115. The summed E-state index contributed by atoms with van der Waals surface area (Å²) in [6.07, 6.45) is 6.19. The molecule has 0 aromatic rings. The van der Waals surface area contributed by atoms with E-state index in [2.05, 4.69) is 6.92 Å². The van der Waals surface area contributed by atoms with Gasteiger partial charge in [0.1, 0.15) is 5.83 Å². The lowest BCUT2D eigenvalue weighted by Crippen LogP contribution is -2.09. The minimum Gasteiger partial charge on any atom is -0.294 e. The molecule has 2 aliphatic rings. The number of hydrogen-bond acceptors (Lipinski definition) is 3. The number of hydrogen-bond donors (Lipinski definition) is 0. The Kier molecular flexibility index (Phi) is 5.61. The van der Waals surface area contributed by atoms with Crippen LogP contribution in [0.2, 0.25) is 0 Å². The van der Waals surface area contributed by atoms with E-state index in [0.717, 1.165) is 24.3 Å². The van der Waals surface area contributed by atoms with Gasteiger partial charge < -0.3 is 0 Å². The Hall–Kier alpha value is 0.0400. The molecule has 2 atom stereocenters. The van der Waals surface area contributed by atoms with Gasteiger partial charge in [-0.05, 0) is 6.42 Å². The summed E-state index contributed by atoms with van der Waals surface area (Å²) in [5.41, 5.74) is 0. The molecular formula is C14H21FOS2. The third-order valence-corrected chi connectivity index (χ3v) is 6.46. The molecule has 2 aliphatic heterocycles. The zero-order chi connectivity index (χ0) is 13.0. The summed E-state index contributed by atoms with van der Waals surface area (Å²) in [6, 6.07) is 0. The van der Waals surface area contributed by atoms with Gasteiger partial charge in [-0.1, -0.05) is 32.6 Å². The van der Waals surface area contributed by atoms with E-state index >= 15 is 0 Å². The van der Waals surface area contributed by atoms with Crippen molar-refractivity contribution in [3.63, 3.8) is 0 Å². The van der Waals surface area contributed by atoms with Crippen molar-refractivity contribution < 1.29 is 9.18 Å². The van der Waals surface area contributed by atoms with Crippen molar-refractivity contribution in [1.29, 1.82) is 0 Å². The summed E-state index contributed by atoms with van der Waals surface area (Å²) < 4.78 is 14.0. The molecule has 0 aliphatic carbocycles. The molecule has 2 unspecified atom stereocenters. The normalized spacial score (nSPS) is 26.8. The monoisotopic (exact) mass is 288 g/mol. The molecule has 1 fully saturated rings. The number of carbonyl (C=O) groups is 1. The molecule has 102 valence electrons. The molecule has 4 heteroatoms. The van der Waals surface area contributed by atoms with Crippen molar-refractivity contribution in [2.24, 2.45) is 5.92 Å². The molecule has 0 aromatic heterocycles. The second kappa shape index (κ2) is 6.99. The fourth-order valence-electron chi connectivity index (χ4n) is 2.46. The number of rotatable bonds is 7. The minimum atomic E-state index is -0.103. The van der Waals surface area contributed by atoms with E-state index < -0.39 is 0 Å². The van der Waals surface area contributed by atoms with Crippen LogP contribution >= 0.6 is 23.5 Å². The Morgan fingerprint density at radius 2 is 2.06 bits per heavy atom. The first-order valence-corrected chi connectivity index (χ1v) is 8.94. The van der Waals surface area contributed by atoms with Gasteiger partial charge in [0.15, 0.2) is 5.78 Å². The number of ketones is 1. The first kappa shape index (κ1) is 14.4. The quantitative estimate of drug-likeness (QED) is 0.639. The number of fused-ring (bicyclic) bond motifs is 1. The molecule has 18 heavy (non-hydrogen) atoms.